The smallest absolute Gasteiger partial charge is 0.224 e. The van der Waals surface area contributed by atoms with E-state index in [1.54, 1.807) is 6.07 Å². The Morgan fingerprint density at radius 3 is 2.74 bits per heavy atom. The molecular weight excluding hydrogens is 295 g/mol. The maximum absolute atomic E-state index is 14.6. The fourth-order valence-corrected chi connectivity index (χ4v) is 2.77. The number of halogens is 1. The average Bonchev–Trinajstić information content (AvgIpc) is 2.89. The molecule has 2 aromatic rings. The van der Waals surface area contributed by atoms with Gasteiger partial charge in [-0.3, -0.25) is 4.68 Å². The molecule has 6 heteroatoms. The lowest BCUT2D eigenvalue weighted by Gasteiger charge is -2.28. The van der Waals surface area contributed by atoms with Crippen molar-refractivity contribution in [1.29, 1.82) is 0 Å². The van der Waals surface area contributed by atoms with E-state index in [-0.39, 0.29) is 6.04 Å². The molecule has 0 saturated carbocycles. The Kier molecular flexibility index (Phi) is 4.61. The van der Waals surface area contributed by atoms with E-state index in [0.717, 1.165) is 17.7 Å². The van der Waals surface area contributed by atoms with Gasteiger partial charge in [0.1, 0.15) is 5.82 Å². The van der Waals surface area contributed by atoms with Crippen LogP contribution in [-0.2, 0) is 4.74 Å². The zero-order valence-corrected chi connectivity index (χ0v) is 13.8. The molecule has 0 amide bonds. The van der Waals surface area contributed by atoms with Gasteiger partial charge in [0.15, 0.2) is 0 Å². The third kappa shape index (κ3) is 2.95. The van der Waals surface area contributed by atoms with Gasteiger partial charge in [0, 0.05) is 12.1 Å². The first-order chi connectivity index (χ1) is 11.2. The summed E-state index contributed by atoms with van der Waals surface area (Å²) in [5.41, 5.74) is 2.41. The summed E-state index contributed by atoms with van der Waals surface area (Å²) in [7, 11) is 0. The maximum Gasteiger partial charge on any atom is 0.224 e. The maximum atomic E-state index is 14.6. The van der Waals surface area contributed by atoms with Crippen LogP contribution in [0.3, 0.4) is 0 Å². The molecule has 0 spiro atoms. The number of nitrogens with zero attached hydrogens (tertiary/aromatic N) is 3. The minimum absolute atomic E-state index is 0.177. The largest absolute Gasteiger partial charge is 0.377 e. The number of ether oxygens (including phenoxy) is 1. The van der Waals surface area contributed by atoms with E-state index in [0.29, 0.717) is 37.1 Å². The van der Waals surface area contributed by atoms with Crippen LogP contribution in [0.1, 0.15) is 44.7 Å². The monoisotopic (exact) mass is 318 g/mol. The molecule has 1 aliphatic rings. The van der Waals surface area contributed by atoms with Crippen molar-refractivity contribution < 1.29 is 9.13 Å². The zero-order chi connectivity index (χ0) is 16.4. The first-order valence-electron chi connectivity index (χ1n) is 8.21. The van der Waals surface area contributed by atoms with Crippen molar-refractivity contribution in [2.75, 3.05) is 25.1 Å². The molecule has 3 heterocycles. The molecule has 1 saturated heterocycles. The van der Waals surface area contributed by atoms with Gasteiger partial charge in [-0.05, 0) is 31.4 Å². The Labute approximate surface area is 135 Å². The number of anilines is 1. The van der Waals surface area contributed by atoms with Crippen LogP contribution in [-0.4, -0.2) is 34.5 Å². The lowest BCUT2D eigenvalue weighted by molar-refractivity contribution is -0.0279. The van der Waals surface area contributed by atoms with Crippen molar-refractivity contribution in [3.8, 4) is 11.3 Å². The Balaban J connectivity index is 2.07. The number of hydrogen-bond acceptors (Lipinski definition) is 4. The fraction of sp³-hybridized carbons (Fsp3) is 0.529. The molecule has 1 aliphatic heterocycles. The molecule has 23 heavy (non-hydrogen) atoms. The zero-order valence-electron chi connectivity index (χ0n) is 13.8. The van der Waals surface area contributed by atoms with E-state index >= 15 is 0 Å². The Morgan fingerprint density at radius 1 is 1.39 bits per heavy atom. The predicted octanol–water partition coefficient (Wildman–Crippen LogP) is 3.60. The minimum atomic E-state index is -0.463. The number of rotatable bonds is 6. The van der Waals surface area contributed by atoms with Crippen molar-refractivity contribution >= 4 is 5.82 Å². The molecule has 3 rings (SSSR count). The highest BCUT2D eigenvalue weighted by molar-refractivity contribution is 5.65. The van der Waals surface area contributed by atoms with Gasteiger partial charge in [-0.2, -0.15) is 9.49 Å². The van der Waals surface area contributed by atoms with Crippen LogP contribution >= 0.6 is 0 Å². The summed E-state index contributed by atoms with van der Waals surface area (Å²) in [6.07, 6.45) is 2.84. The van der Waals surface area contributed by atoms with Gasteiger partial charge in [0.05, 0.1) is 36.7 Å². The van der Waals surface area contributed by atoms with E-state index in [1.165, 1.54) is 0 Å². The second-order valence-electron chi connectivity index (χ2n) is 5.96. The molecular formula is C17H23FN4O. The summed E-state index contributed by atoms with van der Waals surface area (Å²) < 4.78 is 21.8. The van der Waals surface area contributed by atoms with Gasteiger partial charge >= 0.3 is 0 Å². The number of nitrogens with one attached hydrogen (secondary N) is 1. The van der Waals surface area contributed by atoms with Crippen LogP contribution in [0.25, 0.3) is 11.3 Å². The van der Waals surface area contributed by atoms with Crippen molar-refractivity contribution in [1.82, 2.24) is 14.8 Å². The van der Waals surface area contributed by atoms with Crippen LogP contribution in [0.2, 0.25) is 0 Å². The van der Waals surface area contributed by atoms with E-state index in [1.807, 2.05) is 23.9 Å². The summed E-state index contributed by atoms with van der Waals surface area (Å²) in [5, 5.41) is 7.55. The van der Waals surface area contributed by atoms with Gasteiger partial charge in [-0.1, -0.05) is 13.8 Å². The number of hydrogen-bond donors (Lipinski definition) is 1. The van der Waals surface area contributed by atoms with Gasteiger partial charge < -0.3 is 10.1 Å². The standard InChI is InChI=1S/C17H23FN4O/c1-4-11(3)14-8-20-22(12-9-23-10-12)16(14)13-6-7-15(19-5-2)21-17(13)18/h6-8,11-12H,4-5,9-10H2,1-3H3,(H,19,21). The summed E-state index contributed by atoms with van der Waals surface area (Å²) in [5.74, 6) is 0.402. The van der Waals surface area contributed by atoms with Crippen molar-refractivity contribution in [2.45, 2.75) is 39.2 Å². The molecule has 0 aromatic carbocycles. The third-order valence-corrected chi connectivity index (χ3v) is 4.40. The topological polar surface area (TPSA) is 52.0 Å². The van der Waals surface area contributed by atoms with Crippen LogP contribution in [0.15, 0.2) is 18.3 Å². The predicted molar refractivity (Wildman–Crippen MR) is 88.1 cm³/mol. The fourth-order valence-electron chi connectivity index (χ4n) is 2.77. The molecule has 0 aliphatic carbocycles. The van der Waals surface area contributed by atoms with Gasteiger partial charge in [0.2, 0.25) is 5.95 Å². The molecule has 0 radical (unpaired) electrons. The minimum Gasteiger partial charge on any atom is -0.377 e. The molecule has 2 aromatic heterocycles. The van der Waals surface area contributed by atoms with Crippen molar-refractivity contribution in [2.24, 2.45) is 0 Å². The molecule has 0 bridgehead atoms. The number of aromatic nitrogens is 3. The lowest BCUT2D eigenvalue weighted by atomic mass is 9.96. The van der Waals surface area contributed by atoms with Gasteiger partial charge in [-0.25, -0.2) is 4.98 Å². The summed E-state index contributed by atoms with van der Waals surface area (Å²) in [6, 6.07) is 3.78. The molecule has 1 atom stereocenters. The summed E-state index contributed by atoms with van der Waals surface area (Å²) in [6.45, 7) is 8.18. The highest BCUT2D eigenvalue weighted by Crippen LogP contribution is 2.35. The third-order valence-electron chi connectivity index (χ3n) is 4.40. The molecule has 1 unspecified atom stereocenters. The van der Waals surface area contributed by atoms with Crippen molar-refractivity contribution in [3.05, 3.63) is 29.8 Å². The quantitative estimate of drug-likeness (QED) is 0.827. The second-order valence-corrected chi connectivity index (χ2v) is 5.96. The normalized spacial score (nSPS) is 16.2. The molecule has 5 nitrogen and oxygen atoms in total. The van der Waals surface area contributed by atoms with E-state index < -0.39 is 5.95 Å². The van der Waals surface area contributed by atoms with Gasteiger partial charge in [-0.15, -0.1) is 0 Å². The number of pyridine rings is 1. The highest BCUT2D eigenvalue weighted by Gasteiger charge is 2.28. The van der Waals surface area contributed by atoms with Crippen LogP contribution in [0, 0.1) is 5.95 Å². The van der Waals surface area contributed by atoms with Gasteiger partial charge in [0.25, 0.3) is 0 Å². The van der Waals surface area contributed by atoms with Crippen LogP contribution in [0.5, 0.6) is 0 Å². The van der Waals surface area contributed by atoms with E-state index in [4.69, 9.17) is 4.74 Å². The van der Waals surface area contributed by atoms with Crippen molar-refractivity contribution in [3.63, 3.8) is 0 Å². The average molecular weight is 318 g/mol. The second kappa shape index (κ2) is 6.66. The van der Waals surface area contributed by atoms with Crippen LogP contribution < -0.4 is 5.32 Å². The first-order valence-corrected chi connectivity index (χ1v) is 8.21. The summed E-state index contributed by atoms with van der Waals surface area (Å²) >= 11 is 0. The Hall–Kier alpha value is -1.95. The van der Waals surface area contributed by atoms with E-state index in [2.05, 4.69) is 29.2 Å². The first kappa shape index (κ1) is 15.9. The molecule has 1 N–H and O–H groups in total. The molecule has 1 fully saturated rings. The lowest BCUT2D eigenvalue weighted by Crippen LogP contribution is -2.32. The van der Waals surface area contributed by atoms with E-state index in [9.17, 15) is 4.39 Å². The Morgan fingerprint density at radius 2 is 2.17 bits per heavy atom. The summed E-state index contributed by atoms with van der Waals surface area (Å²) in [4.78, 5) is 4.04. The SMILES string of the molecule is CCNc1ccc(-c2c(C(C)CC)cnn2C2COC2)c(F)n1. The Bertz CT molecular complexity index is 659. The van der Waals surface area contributed by atoms with Crippen LogP contribution in [0.4, 0.5) is 10.2 Å². The highest BCUT2D eigenvalue weighted by atomic mass is 19.1. The molecule has 124 valence electrons.